The Kier molecular flexibility index (Phi) is 5.76. The van der Waals surface area contributed by atoms with Gasteiger partial charge in [-0.1, -0.05) is 13.8 Å². The number of rotatable bonds is 6. The molecule has 1 aliphatic heterocycles. The summed E-state index contributed by atoms with van der Waals surface area (Å²) in [6.45, 7) is 8.73. The van der Waals surface area contributed by atoms with Crippen molar-refractivity contribution in [3.63, 3.8) is 0 Å². The lowest BCUT2D eigenvalue weighted by molar-refractivity contribution is -0.0444. The van der Waals surface area contributed by atoms with Gasteiger partial charge in [0.2, 0.25) is 0 Å². The zero-order valence-electron chi connectivity index (χ0n) is 12.3. The minimum atomic E-state index is -3.48. The molecular weight excluding hydrogens is 266 g/mol. The monoisotopic (exact) mass is 293 g/mol. The van der Waals surface area contributed by atoms with Crippen molar-refractivity contribution >= 4 is 10.2 Å². The summed E-state index contributed by atoms with van der Waals surface area (Å²) in [7, 11) is -3.48. The molecule has 0 radical (unpaired) electrons. The molecule has 0 saturated carbocycles. The van der Waals surface area contributed by atoms with Crippen molar-refractivity contribution in [3.05, 3.63) is 0 Å². The molecule has 0 aromatic heterocycles. The van der Waals surface area contributed by atoms with Gasteiger partial charge in [0.25, 0.3) is 10.2 Å². The second kappa shape index (κ2) is 6.49. The zero-order chi connectivity index (χ0) is 14.7. The highest BCUT2D eigenvalue weighted by atomic mass is 32.2. The van der Waals surface area contributed by atoms with Crippen molar-refractivity contribution in [2.75, 3.05) is 19.6 Å². The summed E-state index contributed by atoms with van der Waals surface area (Å²) in [5.41, 5.74) is 5.64. The molecule has 0 spiro atoms. The first-order valence-corrected chi connectivity index (χ1v) is 8.35. The quantitative estimate of drug-likeness (QED) is 0.744. The van der Waals surface area contributed by atoms with Crippen molar-refractivity contribution in [1.82, 2.24) is 9.03 Å². The van der Waals surface area contributed by atoms with Crippen LogP contribution in [0.3, 0.4) is 0 Å². The average molecular weight is 293 g/mol. The highest BCUT2D eigenvalue weighted by Crippen LogP contribution is 2.15. The summed E-state index contributed by atoms with van der Waals surface area (Å²) >= 11 is 0. The molecule has 2 atom stereocenters. The molecule has 1 saturated heterocycles. The summed E-state index contributed by atoms with van der Waals surface area (Å²) in [6.07, 6.45) is 1.31. The van der Waals surface area contributed by atoms with Crippen molar-refractivity contribution < 1.29 is 13.2 Å². The maximum atomic E-state index is 12.3. The summed E-state index contributed by atoms with van der Waals surface area (Å²) in [6, 6.07) is 0. The fourth-order valence-electron chi connectivity index (χ4n) is 2.15. The third-order valence-electron chi connectivity index (χ3n) is 3.74. The first-order chi connectivity index (χ1) is 8.72. The van der Waals surface area contributed by atoms with Crippen LogP contribution in [0.15, 0.2) is 0 Å². The van der Waals surface area contributed by atoms with E-state index in [1.165, 1.54) is 4.31 Å². The van der Waals surface area contributed by atoms with Crippen LogP contribution in [0.2, 0.25) is 0 Å². The second-order valence-corrected chi connectivity index (χ2v) is 7.23. The lowest BCUT2D eigenvalue weighted by Crippen LogP contribution is -2.56. The van der Waals surface area contributed by atoms with E-state index in [0.717, 1.165) is 12.8 Å². The van der Waals surface area contributed by atoms with Crippen LogP contribution < -0.4 is 10.5 Å². The molecule has 1 rings (SSSR count). The Morgan fingerprint density at radius 3 is 2.16 bits per heavy atom. The number of nitrogens with one attached hydrogen (secondary N) is 1. The highest BCUT2D eigenvalue weighted by molar-refractivity contribution is 7.87. The van der Waals surface area contributed by atoms with E-state index in [1.54, 1.807) is 0 Å². The number of hydrogen-bond acceptors (Lipinski definition) is 4. The molecule has 1 fully saturated rings. The van der Waals surface area contributed by atoms with Crippen molar-refractivity contribution in [2.24, 2.45) is 5.73 Å². The van der Waals surface area contributed by atoms with E-state index in [0.29, 0.717) is 13.1 Å². The third kappa shape index (κ3) is 4.68. The predicted octanol–water partition coefficient (Wildman–Crippen LogP) is 0.448. The molecule has 2 unspecified atom stereocenters. The van der Waals surface area contributed by atoms with Crippen LogP contribution in [-0.2, 0) is 14.9 Å². The Hall–Kier alpha value is -0.210. The van der Waals surface area contributed by atoms with E-state index >= 15 is 0 Å². The fourth-order valence-corrected chi connectivity index (χ4v) is 3.62. The Balaban J connectivity index is 2.65. The van der Waals surface area contributed by atoms with E-state index < -0.39 is 15.7 Å². The van der Waals surface area contributed by atoms with E-state index in [9.17, 15) is 8.42 Å². The topological polar surface area (TPSA) is 84.7 Å². The molecule has 1 heterocycles. The maximum absolute atomic E-state index is 12.3. The van der Waals surface area contributed by atoms with Crippen LogP contribution in [0.1, 0.15) is 40.5 Å². The minimum Gasteiger partial charge on any atom is -0.373 e. The Morgan fingerprint density at radius 1 is 1.26 bits per heavy atom. The van der Waals surface area contributed by atoms with Gasteiger partial charge in [0.05, 0.1) is 12.2 Å². The molecule has 1 aliphatic rings. The molecule has 0 amide bonds. The van der Waals surface area contributed by atoms with Gasteiger partial charge < -0.3 is 10.5 Å². The molecule has 19 heavy (non-hydrogen) atoms. The van der Waals surface area contributed by atoms with Gasteiger partial charge in [-0.2, -0.15) is 12.7 Å². The molecule has 0 bridgehead atoms. The normalized spacial score (nSPS) is 26.6. The minimum absolute atomic E-state index is 0.0830. The molecule has 0 aliphatic carbocycles. The van der Waals surface area contributed by atoms with Crippen LogP contribution in [0, 0.1) is 0 Å². The van der Waals surface area contributed by atoms with Gasteiger partial charge in [-0.05, 0) is 26.7 Å². The molecule has 3 N–H and O–H groups in total. The number of morpholine rings is 1. The molecule has 0 aromatic carbocycles. The molecule has 114 valence electrons. The summed E-state index contributed by atoms with van der Waals surface area (Å²) in [5.74, 6) is 0. The summed E-state index contributed by atoms with van der Waals surface area (Å²) in [4.78, 5) is 0. The summed E-state index contributed by atoms with van der Waals surface area (Å²) in [5, 5.41) is 0. The van der Waals surface area contributed by atoms with Gasteiger partial charge in [0, 0.05) is 25.2 Å². The number of hydrogen-bond donors (Lipinski definition) is 2. The Labute approximate surface area is 116 Å². The SMILES string of the molecule is CCC(N)(CC)CNS(=O)(=O)N1CC(C)OC(C)C1. The number of nitrogens with zero attached hydrogens (tertiary/aromatic N) is 1. The van der Waals surface area contributed by atoms with Gasteiger partial charge in [-0.3, -0.25) is 0 Å². The lowest BCUT2D eigenvalue weighted by atomic mass is 9.95. The Bertz CT molecular complexity index is 372. The summed E-state index contributed by atoms with van der Waals surface area (Å²) < 4.78 is 34.1. The fraction of sp³-hybridized carbons (Fsp3) is 1.00. The van der Waals surface area contributed by atoms with Gasteiger partial charge in [-0.15, -0.1) is 0 Å². The molecule has 7 heteroatoms. The van der Waals surface area contributed by atoms with Crippen LogP contribution >= 0.6 is 0 Å². The van der Waals surface area contributed by atoms with Gasteiger partial charge in [-0.25, -0.2) is 4.72 Å². The third-order valence-corrected chi connectivity index (χ3v) is 5.23. The first-order valence-electron chi connectivity index (χ1n) is 6.91. The zero-order valence-corrected chi connectivity index (χ0v) is 13.2. The van der Waals surface area contributed by atoms with Crippen LogP contribution in [-0.4, -0.2) is 50.1 Å². The standard InChI is InChI=1S/C12H27N3O3S/c1-5-12(13,6-2)9-14-19(16,17)15-7-10(3)18-11(4)8-15/h10-11,14H,5-9,13H2,1-4H3. The Morgan fingerprint density at radius 2 is 1.74 bits per heavy atom. The van der Waals surface area contributed by atoms with Gasteiger partial charge >= 0.3 is 0 Å². The van der Waals surface area contributed by atoms with Gasteiger partial charge in [0.1, 0.15) is 0 Å². The van der Waals surface area contributed by atoms with E-state index in [-0.39, 0.29) is 18.8 Å². The number of nitrogens with two attached hydrogens (primary N) is 1. The highest BCUT2D eigenvalue weighted by Gasteiger charge is 2.32. The van der Waals surface area contributed by atoms with E-state index in [2.05, 4.69) is 4.72 Å². The smallest absolute Gasteiger partial charge is 0.279 e. The molecule has 6 nitrogen and oxygen atoms in total. The molecular formula is C12H27N3O3S. The largest absolute Gasteiger partial charge is 0.373 e. The van der Waals surface area contributed by atoms with Crippen LogP contribution in [0.4, 0.5) is 0 Å². The van der Waals surface area contributed by atoms with Gasteiger partial charge in [0.15, 0.2) is 0 Å². The van der Waals surface area contributed by atoms with E-state index in [1.807, 2.05) is 27.7 Å². The van der Waals surface area contributed by atoms with Crippen molar-refractivity contribution in [2.45, 2.75) is 58.3 Å². The average Bonchev–Trinajstić information content (AvgIpc) is 2.35. The van der Waals surface area contributed by atoms with Crippen LogP contribution in [0.25, 0.3) is 0 Å². The molecule has 0 aromatic rings. The van der Waals surface area contributed by atoms with E-state index in [4.69, 9.17) is 10.5 Å². The predicted molar refractivity (Wildman–Crippen MR) is 76.0 cm³/mol. The first kappa shape index (κ1) is 16.8. The van der Waals surface area contributed by atoms with Crippen molar-refractivity contribution in [3.8, 4) is 0 Å². The maximum Gasteiger partial charge on any atom is 0.279 e. The lowest BCUT2D eigenvalue weighted by Gasteiger charge is -2.35. The van der Waals surface area contributed by atoms with Crippen molar-refractivity contribution in [1.29, 1.82) is 0 Å². The number of ether oxygens (including phenoxy) is 1. The van der Waals surface area contributed by atoms with Crippen LogP contribution in [0.5, 0.6) is 0 Å². The second-order valence-electron chi connectivity index (χ2n) is 5.47.